The van der Waals surface area contributed by atoms with Crippen molar-refractivity contribution in [3.8, 4) is 11.3 Å². The summed E-state index contributed by atoms with van der Waals surface area (Å²) in [6.07, 6.45) is 0. The lowest BCUT2D eigenvalue weighted by atomic mass is 10.2. The molecular weight excluding hydrogens is 403 g/mol. The van der Waals surface area contributed by atoms with Crippen molar-refractivity contribution in [2.24, 2.45) is 0 Å². The minimum Gasteiger partial charge on any atom is -0.301 e. The monoisotopic (exact) mass is 414 g/mol. The van der Waals surface area contributed by atoms with Crippen LogP contribution in [0.25, 0.3) is 11.3 Å². The van der Waals surface area contributed by atoms with Gasteiger partial charge in [0.15, 0.2) is 5.13 Å². The molecule has 2 aromatic heterocycles. The predicted molar refractivity (Wildman–Crippen MR) is 107 cm³/mol. The summed E-state index contributed by atoms with van der Waals surface area (Å²) in [5.41, 5.74) is 2.72. The lowest BCUT2D eigenvalue weighted by Gasteiger charge is -2.02. The van der Waals surface area contributed by atoms with Gasteiger partial charge in [-0.15, -0.1) is 34.4 Å². The number of nitrogens with zero attached hydrogens (tertiary/aromatic N) is 1. The van der Waals surface area contributed by atoms with Crippen LogP contribution in [-0.4, -0.2) is 16.6 Å². The fourth-order valence-electron chi connectivity index (χ4n) is 1.96. The van der Waals surface area contributed by atoms with Crippen LogP contribution in [0.4, 0.5) is 5.13 Å². The Balaban J connectivity index is 1.53. The summed E-state index contributed by atoms with van der Waals surface area (Å²) in [5, 5.41) is 5.24. The molecular formula is C16H12Cl2N2OS3. The topological polar surface area (TPSA) is 42.0 Å². The molecule has 0 fully saturated rings. The molecule has 124 valence electrons. The second-order valence-electron chi connectivity index (χ2n) is 4.80. The van der Waals surface area contributed by atoms with Crippen LogP contribution >= 0.6 is 57.6 Å². The number of halogens is 2. The van der Waals surface area contributed by atoms with Crippen LogP contribution in [-0.2, 0) is 10.5 Å². The molecule has 0 spiro atoms. The number of nitrogens with one attached hydrogen (secondary N) is 1. The van der Waals surface area contributed by atoms with Crippen LogP contribution in [0.2, 0.25) is 8.67 Å². The summed E-state index contributed by atoms with van der Waals surface area (Å²) in [5.74, 6) is 1.13. The molecule has 3 aromatic rings. The molecule has 0 bridgehead atoms. The van der Waals surface area contributed by atoms with E-state index < -0.39 is 0 Å². The van der Waals surface area contributed by atoms with Crippen molar-refractivity contribution in [1.82, 2.24) is 4.98 Å². The Labute approximate surface area is 162 Å². The van der Waals surface area contributed by atoms with E-state index >= 15 is 0 Å². The van der Waals surface area contributed by atoms with Gasteiger partial charge in [0, 0.05) is 16.7 Å². The van der Waals surface area contributed by atoms with E-state index in [0.29, 0.717) is 19.6 Å². The molecule has 0 saturated carbocycles. The smallest absolute Gasteiger partial charge is 0.236 e. The lowest BCUT2D eigenvalue weighted by Crippen LogP contribution is -2.13. The molecule has 8 heteroatoms. The third-order valence-electron chi connectivity index (χ3n) is 3.03. The van der Waals surface area contributed by atoms with Gasteiger partial charge in [-0.2, -0.15) is 0 Å². The van der Waals surface area contributed by atoms with E-state index in [1.807, 2.05) is 35.7 Å². The minimum absolute atomic E-state index is 0.0636. The number of carbonyl (C=O) groups excluding carboxylic acids is 1. The Kier molecular flexibility index (Phi) is 6.19. The number of thiophene rings is 1. The summed E-state index contributed by atoms with van der Waals surface area (Å²) >= 11 is 16.3. The van der Waals surface area contributed by atoms with E-state index in [1.54, 1.807) is 17.8 Å². The predicted octanol–water partition coefficient (Wildman–Crippen LogP) is 6.05. The molecule has 3 rings (SSSR count). The first-order valence-electron chi connectivity index (χ1n) is 6.94. The number of thiazole rings is 1. The second-order valence-corrected chi connectivity index (χ2v) is 8.93. The molecule has 0 saturated heterocycles. The quantitative estimate of drug-likeness (QED) is 0.533. The van der Waals surface area contributed by atoms with Gasteiger partial charge in [-0.05, 0) is 11.6 Å². The van der Waals surface area contributed by atoms with Crippen LogP contribution in [0.5, 0.6) is 0 Å². The molecule has 2 heterocycles. The Bertz CT molecular complexity index is 833. The normalized spacial score (nSPS) is 10.8. The fraction of sp³-hybridized carbons (Fsp3) is 0.125. The second kappa shape index (κ2) is 8.36. The van der Waals surface area contributed by atoms with Gasteiger partial charge in [-0.1, -0.05) is 53.5 Å². The molecule has 0 aliphatic carbocycles. The lowest BCUT2D eigenvalue weighted by molar-refractivity contribution is -0.113. The summed E-state index contributed by atoms with van der Waals surface area (Å²) < 4.78 is 1.22. The van der Waals surface area contributed by atoms with E-state index in [2.05, 4.69) is 10.3 Å². The number of carbonyl (C=O) groups is 1. The number of amides is 1. The van der Waals surface area contributed by atoms with Crippen molar-refractivity contribution in [2.45, 2.75) is 5.75 Å². The molecule has 24 heavy (non-hydrogen) atoms. The number of hydrogen-bond acceptors (Lipinski definition) is 5. The average molecular weight is 415 g/mol. The van der Waals surface area contributed by atoms with Gasteiger partial charge in [0.05, 0.1) is 15.8 Å². The van der Waals surface area contributed by atoms with Gasteiger partial charge in [0.25, 0.3) is 0 Å². The van der Waals surface area contributed by atoms with Crippen LogP contribution in [0.15, 0.2) is 41.8 Å². The van der Waals surface area contributed by atoms with Crippen molar-refractivity contribution in [3.05, 3.63) is 56.0 Å². The zero-order chi connectivity index (χ0) is 16.9. The molecule has 0 aliphatic heterocycles. The molecule has 0 unspecified atom stereocenters. The third-order valence-corrected chi connectivity index (χ3v) is 6.28. The fourth-order valence-corrected chi connectivity index (χ4v) is 4.96. The number of benzene rings is 1. The van der Waals surface area contributed by atoms with Crippen molar-refractivity contribution in [1.29, 1.82) is 0 Å². The largest absolute Gasteiger partial charge is 0.301 e. The third kappa shape index (κ3) is 4.74. The zero-order valence-corrected chi connectivity index (χ0v) is 16.3. The van der Waals surface area contributed by atoms with E-state index in [9.17, 15) is 4.79 Å². The molecule has 0 atom stereocenters. The van der Waals surface area contributed by atoms with E-state index in [-0.39, 0.29) is 5.91 Å². The molecule has 1 amide bonds. The van der Waals surface area contributed by atoms with Crippen molar-refractivity contribution in [3.63, 3.8) is 0 Å². The van der Waals surface area contributed by atoms with E-state index in [0.717, 1.165) is 17.0 Å². The summed E-state index contributed by atoms with van der Waals surface area (Å²) in [7, 11) is 0. The van der Waals surface area contributed by atoms with E-state index in [4.69, 9.17) is 23.2 Å². The van der Waals surface area contributed by atoms with Gasteiger partial charge in [0.1, 0.15) is 4.34 Å². The maximum absolute atomic E-state index is 12.0. The van der Waals surface area contributed by atoms with Crippen molar-refractivity contribution >= 4 is 68.7 Å². The highest BCUT2D eigenvalue weighted by Gasteiger charge is 2.13. The van der Waals surface area contributed by atoms with Crippen LogP contribution < -0.4 is 5.32 Å². The van der Waals surface area contributed by atoms with Gasteiger partial charge >= 0.3 is 0 Å². The Morgan fingerprint density at radius 1 is 1.25 bits per heavy atom. The number of thioether (sulfide) groups is 1. The highest BCUT2D eigenvalue weighted by atomic mass is 35.5. The van der Waals surface area contributed by atoms with Crippen LogP contribution in [0, 0.1) is 0 Å². The number of aromatic nitrogens is 1. The highest BCUT2D eigenvalue weighted by Crippen LogP contribution is 2.38. The first-order chi connectivity index (χ1) is 11.6. The van der Waals surface area contributed by atoms with Gasteiger partial charge in [-0.3, -0.25) is 4.79 Å². The SMILES string of the molecule is O=C(CSCc1ccccc1)Nc1nc(-c2cc(Cl)sc2Cl)cs1. The Morgan fingerprint density at radius 2 is 2.04 bits per heavy atom. The summed E-state index contributed by atoms with van der Waals surface area (Å²) in [6.45, 7) is 0. The summed E-state index contributed by atoms with van der Waals surface area (Å²) in [4.78, 5) is 16.4. The first kappa shape index (κ1) is 17.8. The minimum atomic E-state index is -0.0636. The summed E-state index contributed by atoms with van der Waals surface area (Å²) in [6, 6.07) is 11.9. The highest BCUT2D eigenvalue weighted by molar-refractivity contribution is 7.99. The van der Waals surface area contributed by atoms with Crippen molar-refractivity contribution in [2.75, 3.05) is 11.1 Å². The molecule has 3 nitrogen and oxygen atoms in total. The van der Waals surface area contributed by atoms with Crippen molar-refractivity contribution < 1.29 is 4.79 Å². The van der Waals surface area contributed by atoms with E-state index in [1.165, 1.54) is 28.2 Å². The van der Waals surface area contributed by atoms with Crippen LogP contribution in [0.1, 0.15) is 5.56 Å². The zero-order valence-electron chi connectivity index (χ0n) is 12.3. The number of anilines is 1. The molecule has 1 aromatic carbocycles. The number of hydrogen-bond donors (Lipinski definition) is 1. The molecule has 0 aliphatic rings. The maximum Gasteiger partial charge on any atom is 0.236 e. The van der Waals surface area contributed by atoms with Gasteiger partial charge < -0.3 is 5.32 Å². The Hall–Kier alpha value is -1.05. The Morgan fingerprint density at radius 3 is 2.75 bits per heavy atom. The van der Waals surface area contributed by atoms with Gasteiger partial charge in [-0.25, -0.2) is 4.98 Å². The molecule has 1 N–H and O–H groups in total. The van der Waals surface area contributed by atoms with Crippen LogP contribution in [0.3, 0.4) is 0 Å². The molecule has 0 radical (unpaired) electrons. The van der Waals surface area contributed by atoms with Gasteiger partial charge in [0.2, 0.25) is 5.91 Å². The number of rotatable bonds is 6. The first-order valence-corrected chi connectivity index (χ1v) is 10.5. The maximum atomic E-state index is 12.0. The standard InChI is InChI=1S/C16H12Cl2N2OS3/c17-13-6-11(15(18)24-13)12-8-23-16(19-12)20-14(21)9-22-7-10-4-2-1-3-5-10/h1-6,8H,7,9H2,(H,19,20,21). The average Bonchev–Trinajstić information content (AvgIpc) is 3.14.